The third kappa shape index (κ3) is 6.95. The summed E-state index contributed by atoms with van der Waals surface area (Å²) in [5.74, 6) is -0.0938. The number of hydrogen-bond donors (Lipinski definition) is 0. The van der Waals surface area contributed by atoms with Crippen LogP contribution in [-0.4, -0.2) is 11.6 Å². The first-order chi connectivity index (χ1) is 14.3. The minimum absolute atomic E-state index is 0.0275. The molecule has 0 aromatic heterocycles. The molecule has 0 radical (unpaired) electrons. The quantitative estimate of drug-likeness (QED) is 0.243. The molecule has 0 spiro atoms. The molecule has 0 saturated heterocycles. The van der Waals surface area contributed by atoms with Crippen molar-refractivity contribution >= 4 is 11.6 Å². The van der Waals surface area contributed by atoms with Crippen LogP contribution < -0.4 is 0 Å². The monoisotopic (exact) mass is 402 g/mol. The van der Waals surface area contributed by atoms with E-state index in [1.807, 2.05) is 37.3 Å². The molecule has 0 unspecified atom stereocenters. The summed E-state index contributed by atoms with van der Waals surface area (Å²) < 4.78 is 0. The Hall–Kier alpha value is -2.74. The average molecular weight is 403 g/mol. The van der Waals surface area contributed by atoms with Crippen LogP contribution in [0.25, 0.3) is 0 Å². The van der Waals surface area contributed by atoms with E-state index < -0.39 is 0 Å². The number of Topliss-reactive ketones (excluding diaryl/α,β-unsaturated/α-hetero) is 1. The third-order valence-corrected chi connectivity index (χ3v) is 5.09. The Morgan fingerprint density at radius 3 is 2.37 bits per heavy atom. The Balaban J connectivity index is 2.27. The molecule has 0 aromatic carbocycles. The fourth-order valence-electron chi connectivity index (χ4n) is 3.59. The molecule has 0 amide bonds. The predicted octanol–water partition coefficient (Wildman–Crippen LogP) is 7.24. The molecule has 0 fully saturated rings. The topological polar surface area (TPSA) is 34.1 Å². The zero-order chi connectivity index (χ0) is 22.1. The van der Waals surface area contributed by atoms with Crippen LogP contribution in [0.15, 0.2) is 93.7 Å². The SMILES string of the molecule is C/C=C\C(=C/C1=CC(=O)C2=C(CC=CC(CCC=C(C)C)=C2)C1=O)CCC=C(C)C. The fraction of sp³-hybridized carbons (Fsp3) is 0.357. The van der Waals surface area contributed by atoms with E-state index in [4.69, 9.17) is 0 Å². The van der Waals surface area contributed by atoms with E-state index in [1.165, 1.54) is 17.2 Å². The first-order valence-electron chi connectivity index (χ1n) is 10.8. The van der Waals surface area contributed by atoms with E-state index in [0.29, 0.717) is 23.1 Å². The van der Waals surface area contributed by atoms with Gasteiger partial charge in [0.2, 0.25) is 0 Å². The minimum Gasteiger partial charge on any atom is -0.289 e. The summed E-state index contributed by atoms with van der Waals surface area (Å²) in [6, 6.07) is 0. The van der Waals surface area contributed by atoms with Gasteiger partial charge >= 0.3 is 0 Å². The van der Waals surface area contributed by atoms with E-state index in [2.05, 4.69) is 45.9 Å². The minimum atomic E-state index is -0.0663. The lowest BCUT2D eigenvalue weighted by molar-refractivity contribution is -0.115. The number of allylic oxidation sites excluding steroid dienone is 16. The number of rotatable bonds is 8. The van der Waals surface area contributed by atoms with Crippen LogP contribution in [-0.2, 0) is 9.59 Å². The van der Waals surface area contributed by atoms with Crippen molar-refractivity contribution < 1.29 is 9.59 Å². The molecule has 0 heterocycles. The fourth-order valence-corrected chi connectivity index (χ4v) is 3.59. The second kappa shape index (κ2) is 11.4. The Bertz CT molecular complexity index is 929. The first-order valence-corrected chi connectivity index (χ1v) is 10.8. The number of ketones is 2. The first kappa shape index (κ1) is 23.5. The average Bonchev–Trinajstić information content (AvgIpc) is 2.88. The van der Waals surface area contributed by atoms with Gasteiger partial charge in [0.05, 0.1) is 0 Å². The molecule has 2 aliphatic rings. The van der Waals surface area contributed by atoms with Gasteiger partial charge in [-0.1, -0.05) is 47.6 Å². The molecule has 0 saturated carbocycles. The van der Waals surface area contributed by atoms with E-state index in [9.17, 15) is 9.59 Å². The van der Waals surface area contributed by atoms with Crippen LogP contribution in [0.4, 0.5) is 0 Å². The maximum absolute atomic E-state index is 13.2. The summed E-state index contributed by atoms with van der Waals surface area (Å²) in [5.41, 5.74) is 6.41. The largest absolute Gasteiger partial charge is 0.289 e. The number of hydrogen-bond acceptors (Lipinski definition) is 2. The zero-order valence-corrected chi connectivity index (χ0v) is 19.0. The third-order valence-electron chi connectivity index (χ3n) is 5.09. The predicted molar refractivity (Wildman–Crippen MR) is 127 cm³/mol. The van der Waals surface area contributed by atoms with Crippen molar-refractivity contribution in [1.82, 2.24) is 0 Å². The molecular formula is C28H34O2. The van der Waals surface area contributed by atoms with Crippen LogP contribution in [0.1, 0.15) is 66.7 Å². The van der Waals surface area contributed by atoms with Crippen molar-refractivity contribution in [3.63, 3.8) is 0 Å². The van der Waals surface area contributed by atoms with E-state index in [1.54, 1.807) is 0 Å². The Labute approximate surface area is 181 Å². The summed E-state index contributed by atoms with van der Waals surface area (Å²) in [6.45, 7) is 10.3. The molecule has 158 valence electrons. The van der Waals surface area contributed by atoms with Gasteiger partial charge in [-0.15, -0.1) is 0 Å². The molecule has 30 heavy (non-hydrogen) atoms. The molecule has 0 N–H and O–H groups in total. The van der Waals surface area contributed by atoms with E-state index in [-0.39, 0.29) is 11.6 Å². The van der Waals surface area contributed by atoms with Gasteiger partial charge in [0.25, 0.3) is 0 Å². The van der Waals surface area contributed by atoms with Gasteiger partial charge in [0.1, 0.15) is 0 Å². The Kier molecular flexibility index (Phi) is 8.98. The lowest BCUT2D eigenvalue weighted by Crippen LogP contribution is -2.17. The maximum Gasteiger partial charge on any atom is 0.190 e. The lowest BCUT2D eigenvalue weighted by atomic mass is 9.86. The maximum atomic E-state index is 13.2. The van der Waals surface area contributed by atoms with Crippen LogP contribution in [0.3, 0.4) is 0 Å². The molecule has 0 bridgehead atoms. The van der Waals surface area contributed by atoms with Gasteiger partial charge < -0.3 is 0 Å². The van der Waals surface area contributed by atoms with E-state index in [0.717, 1.165) is 36.8 Å². The molecule has 2 nitrogen and oxygen atoms in total. The van der Waals surface area contributed by atoms with Gasteiger partial charge in [0, 0.05) is 16.7 Å². The van der Waals surface area contributed by atoms with Crippen LogP contribution in [0.5, 0.6) is 0 Å². The van der Waals surface area contributed by atoms with Crippen molar-refractivity contribution in [3.05, 3.63) is 93.7 Å². The highest BCUT2D eigenvalue weighted by Crippen LogP contribution is 2.29. The normalized spacial score (nSPS) is 16.9. The summed E-state index contributed by atoms with van der Waals surface area (Å²) >= 11 is 0. The molecule has 2 rings (SSSR count). The van der Waals surface area contributed by atoms with Crippen LogP contribution >= 0.6 is 0 Å². The highest BCUT2D eigenvalue weighted by Gasteiger charge is 2.26. The van der Waals surface area contributed by atoms with Gasteiger partial charge in [-0.25, -0.2) is 0 Å². The van der Waals surface area contributed by atoms with Gasteiger partial charge in [-0.3, -0.25) is 9.59 Å². The molecule has 2 aliphatic carbocycles. The molecule has 0 aliphatic heterocycles. The van der Waals surface area contributed by atoms with Gasteiger partial charge in [0.15, 0.2) is 11.6 Å². The van der Waals surface area contributed by atoms with Crippen LogP contribution in [0, 0.1) is 0 Å². The standard InChI is InChI=1S/C28H34O2/c1-6-10-22(13-7-11-20(2)3)17-24-19-27(29)26-18-23(14-8-12-21(4)5)15-9-16-25(26)28(24)30/h6,9-12,15,17-19H,7-8,13-14,16H2,1-5H3/b10-6-,22-17+. The van der Waals surface area contributed by atoms with Crippen molar-refractivity contribution in [3.8, 4) is 0 Å². The summed E-state index contributed by atoms with van der Waals surface area (Å²) in [6.07, 6.45) is 21.8. The second-order valence-electron chi connectivity index (χ2n) is 8.37. The summed E-state index contributed by atoms with van der Waals surface area (Å²) in [4.78, 5) is 26.0. The van der Waals surface area contributed by atoms with Crippen molar-refractivity contribution in [2.75, 3.05) is 0 Å². The van der Waals surface area contributed by atoms with Crippen LogP contribution in [0.2, 0.25) is 0 Å². The molecular weight excluding hydrogens is 368 g/mol. The highest BCUT2D eigenvalue weighted by molar-refractivity contribution is 6.25. The number of carbonyl (C=O) groups is 2. The van der Waals surface area contributed by atoms with Gasteiger partial charge in [-0.05, 0) is 96.1 Å². The zero-order valence-electron chi connectivity index (χ0n) is 19.0. The molecule has 0 aromatic rings. The summed E-state index contributed by atoms with van der Waals surface area (Å²) in [7, 11) is 0. The van der Waals surface area contributed by atoms with Gasteiger partial charge in [-0.2, -0.15) is 0 Å². The van der Waals surface area contributed by atoms with Crippen molar-refractivity contribution in [1.29, 1.82) is 0 Å². The van der Waals surface area contributed by atoms with Crippen molar-refractivity contribution in [2.45, 2.75) is 66.7 Å². The second-order valence-corrected chi connectivity index (χ2v) is 8.37. The Morgan fingerprint density at radius 1 is 1.00 bits per heavy atom. The summed E-state index contributed by atoms with van der Waals surface area (Å²) in [5, 5.41) is 0. The highest BCUT2D eigenvalue weighted by atomic mass is 16.1. The molecule has 0 atom stereocenters. The molecule has 2 heteroatoms. The van der Waals surface area contributed by atoms with E-state index >= 15 is 0 Å². The number of carbonyl (C=O) groups excluding carboxylic acids is 2. The van der Waals surface area contributed by atoms with Crippen molar-refractivity contribution in [2.24, 2.45) is 0 Å². The smallest absolute Gasteiger partial charge is 0.190 e. The lowest BCUT2D eigenvalue weighted by Gasteiger charge is -2.15. The Morgan fingerprint density at radius 2 is 1.70 bits per heavy atom.